The Morgan fingerprint density at radius 3 is 0.964 bits per heavy atom. The molecule has 0 heterocycles. The monoisotopic (exact) mass is 390 g/mol. The van der Waals surface area contributed by atoms with E-state index in [-0.39, 0.29) is 0 Å². The van der Waals surface area contributed by atoms with Crippen molar-refractivity contribution in [3.63, 3.8) is 0 Å². The van der Waals surface area contributed by atoms with Crippen molar-refractivity contribution in [2.75, 3.05) is 0 Å². The maximum atomic E-state index is 3.79. The molecule has 0 atom stereocenters. The highest BCUT2D eigenvalue weighted by molar-refractivity contribution is 4.66. The molecule has 166 valence electrons. The molecule has 0 aliphatic rings. The predicted octanol–water partition coefficient (Wildman–Crippen LogP) is 10.6. The average Bonchev–Trinajstić information content (AvgIpc) is 2.70. The molecule has 0 aromatic rings. The number of hydrogen-bond acceptors (Lipinski definition) is 0. The van der Waals surface area contributed by atoms with Crippen molar-refractivity contribution in [3.05, 3.63) is 25.3 Å². The number of hydrogen-bond donors (Lipinski definition) is 0. The van der Waals surface area contributed by atoms with Crippen LogP contribution in [0.2, 0.25) is 0 Å². The Morgan fingerprint density at radius 2 is 0.679 bits per heavy atom. The molecule has 0 nitrogen and oxygen atoms in total. The largest absolute Gasteiger partial charge is 0.103 e. The Morgan fingerprint density at radius 1 is 0.429 bits per heavy atom. The minimum Gasteiger partial charge on any atom is -0.103 e. The number of unbranched alkanes of at least 4 members (excludes halogenated alkanes) is 18. The normalized spacial score (nSPS) is 11.2. The first-order valence-corrected chi connectivity index (χ1v) is 13.0. The lowest BCUT2D eigenvalue weighted by Crippen LogP contribution is -1.95. The fraction of sp³-hybridized carbons (Fsp3) is 0.857. The van der Waals surface area contributed by atoms with Gasteiger partial charge in [-0.3, -0.25) is 0 Å². The fourth-order valence-corrected chi connectivity index (χ4v) is 4.18. The highest BCUT2D eigenvalue weighted by Crippen LogP contribution is 2.19. The Bertz CT molecular complexity index is 273. The van der Waals surface area contributed by atoms with Crippen molar-refractivity contribution in [1.29, 1.82) is 0 Å². The zero-order valence-corrected chi connectivity index (χ0v) is 19.7. The van der Waals surface area contributed by atoms with Gasteiger partial charge in [-0.05, 0) is 31.6 Å². The van der Waals surface area contributed by atoms with Gasteiger partial charge in [-0.15, -0.1) is 13.2 Å². The zero-order valence-electron chi connectivity index (χ0n) is 19.7. The molecule has 0 bridgehead atoms. The summed E-state index contributed by atoms with van der Waals surface area (Å²) in [6.07, 6.45) is 35.3. The van der Waals surface area contributed by atoms with Crippen LogP contribution in [0.1, 0.15) is 148 Å². The smallest absolute Gasteiger partial charge is 0.0353 e. The second kappa shape index (κ2) is 24.5. The maximum Gasteiger partial charge on any atom is -0.0353 e. The van der Waals surface area contributed by atoms with E-state index in [1.807, 2.05) is 0 Å². The number of rotatable bonds is 24. The molecule has 28 heavy (non-hydrogen) atoms. The van der Waals surface area contributed by atoms with Gasteiger partial charge in [0.25, 0.3) is 0 Å². The van der Waals surface area contributed by atoms with E-state index in [0.717, 1.165) is 5.92 Å². The Kier molecular flexibility index (Phi) is 24.1. The summed E-state index contributed by atoms with van der Waals surface area (Å²) in [4.78, 5) is 0. The fourth-order valence-electron chi connectivity index (χ4n) is 4.18. The van der Waals surface area contributed by atoms with Crippen molar-refractivity contribution in [2.24, 2.45) is 5.92 Å². The van der Waals surface area contributed by atoms with Crippen LogP contribution in [0.15, 0.2) is 25.3 Å². The lowest BCUT2D eigenvalue weighted by molar-refractivity contribution is 0.430. The Hall–Kier alpha value is -0.520. The summed E-state index contributed by atoms with van der Waals surface area (Å²) >= 11 is 0. The Labute approximate surface area is 179 Å². The third-order valence-corrected chi connectivity index (χ3v) is 6.21. The second-order valence-electron chi connectivity index (χ2n) is 9.20. The molecule has 0 saturated carbocycles. The van der Waals surface area contributed by atoms with E-state index in [9.17, 15) is 0 Å². The van der Waals surface area contributed by atoms with Gasteiger partial charge in [-0.1, -0.05) is 135 Å². The van der Waals surface area contributed by atoms with Crippen molar-refractivity contribution in [3.8, 4) is 0 Å². The van der Waals surface area contributed by atoms with Gasteiger partial charge in [0.15, 0.2) is 0 Å². The number of allylic oxidation sites excluding steroid dienone is 2. The molecule has 0 rings (SSSR count). The average molecular weight is 391 g/mol. The summed E-state index contributed by atoms with van der Waals surface area (Å²) < 4.78 is 0. The van der Waals surface area contributed by atoms with E-state index in [4.69, 9.17) is 0 Å². The van der Waals surface area contributed by atoms with E-state index in [2.05, 4.69) is 32.2 Å². The van der Waals surface area contributed by atoms with Crippen molar-refractivity contribution < 1.29 is 0 Å². The molecule has 0 saturated heterocycles. The van der Waals surface area contributed by atoms with E-state index in [1.54, 1.807) is 0 Å². The summed E-state index contributed by atoms with van der Waals surface area (Å²) in [5, 5.41) is 0. The van der Waals surface area contributed by atoms with Gasteiger partial charge in [0.2, 0.25) is 0 Å². The molecule has 0 aliphatic carbocycles. The van der Waals surface area contributed by atoms with Crippen molar-refractivity contribution >= 4 is 0 Å². The van der Waals surface area contributed by atoms with Crippen LogP contribution >= 0.6 is 0 Å². The molecule has 0 aromatic carbocycles. The second-order valence-corrected chi connectivity index (χ2v) is 9.20. The van der Waals surface area contributed by atoms with Crippen LogP contribution in [0.5, 0.6) is 0 Å². The molecule has 0 fully saturated rings. The van der Waals surface area contributed by atoms with Crippen LogP contribution in [-0.4, -0.2) is 0 Å². The molecule has 0 aromatic heterocycles. The molecule has 0 radical (unpaired) electrons. The molecule has 0 aliphatic heterocycles. The zero-order chi connectivity index (χ0) is 20.5. The van der Waals surface area contributed by atoms with Crippen LogP contribution in [0.3, 0.4) is 0 Å². The van der Waals surface area contributed by atoms with Crippen LogP contribution < -0.4 is 0 Å². The third-order valence-electron chi connectivity index (χ3n) is 6.21. The maximum absolute atomic E-state index is 3.79. The minimum absolute atomic E-state index is 0.953. The van der Waals surface area contributed by atoms with Crippen LogP contribution in [0.4, 0.5) is 0 Å². The van der Waals surface area contributed by atoms with E-state index in [1.165, 1.54) is 141 Å². The quantitative estimate of drug-likeness (QED) is 0.113. The first-order chi connectivity index (χ1) is 13.8. The summed E-state index contributed by atoms with van der Waals surface area (Å²) in [7, 11) is 0. The molecule has 0 unspecified atom stereocenters. The predicted molar refractivity (Wildman–Crippen MR) is 131 cm³/mol. The van der Waals surface area contributed by atoms with Crippen LogP contribution in [0.25, 0.3) is 0 Å². The third kappa shape index (κ3) is 23.5. The molecule has 0 heteroatoms. The van der Waals surface area contributed by atoms with Crippen LogP contribution in [0, 0.1) is 5.92 Å². The van der Waals surface area contributed by atoms with Gasteiger partial charge in [0.05, 0.1) is 0 Å². The summed E-state index contributed by atoms with van der Waals surface area (Å²) in [5.74, 6) is 0.953. The first kappa shape index (κ1) is 27.5. The highest BCUT2D eigenvalue weighted by atomic mass is 14.1. The van der Waals surface area contributed by atoms with Crippen molar-refractivity contribution in [1.82, 2.24) is 0 Å². The van der Waals surface area contributed by atoms with Gasteiger partial charge in [-0.25, -0.2) is 0 Å². The highest BCUT2D eigenvalue weighted by Gasteiger charge is 2.02. The van der Waals surface area contributed by atoms with E-state index < -0.39 is 0 Å². The standard InChI is InChI=1S/C28H54/c1-4-6-8-10-12-14-16-18-20-22-24-26-28(3)27-25-23-21-19-17-15-13-11-9-7-5-2/h4-5,28H,1-2,6-27H2,3H3. The topological polar surface area (TPSA) is 0 Å². The van der Waals surface area contributed by atoms with Crippen LogP contribution in [-0.2, 0) is 0 Å². The molecule has 0 spiro atoms. The van der Waals surface area contributed by atoms with Gasteiger partial charge in [0.1, 0.15) is 0 Å². The minimum atomic E-state index is 0.953. The lowest BCUT2D eigenvalue weighted by atomic mass is 9.95. The molecular weight excluding hydrogens is 336 g/mol. The summed E-state index contributed by atoms with van der Waals surface area (Å²) in [5.41, 5.74) is 0. The summed E-state index contributed by atoms with van der Waals surface area (Å²) in [6.45, 7) is 10.1. The molecular formula is C28H54. The van der Waals surface area contributed by atoms with Crippen molar-refractivity contribution in [2.45, 2.75) is 148 Å². The Balaban J connectivity index is 3.14. The molecule has 0 amide bonds. The van der Waals surface area contributed by atoms with E-state index in [0.29, 0.717) is 0 Å². The summed E-state index contributed by atoms with van der Waals surface area (Å²) in [6, 6.07) is 0. The van der Waals surface area contributed by atoms with E-state index >= 15 is 0 Å². The van der Waals surface area contributed by atoms with Gasteiger partial charge in [0, 0.05) is 0 Å². The van der Waals surface area contributed by atoms with Gasteiger partial charge in [-0.2, -0.15) is 0 Å². The van der Waals surface area contributed by atoms with Gasteiger partial charge >= 0.3 is 0 Å². The van der Waals surface area contributed by atoms with Gasteiger partial charge < -0.3 is 0 Å². The lowest BCUT2D eigenvalue weighted by Gasteiger charge is -2.11. The SMILES string of the molecule is C=CCCCCCCCCCCCC(C)CCCCCCCCCCCC=C. The first-order valence-electron chi connectivity index (χ1n) is 13.0. The molecule has 0 N–H and O–H groups in total.